The Kier molecular flexibility index (Phi) is 6.68. The number of aliphatic hydroxyl groups is 1. The van der Waals surface area contributed by atoms with Crippen molar-refractivity contribution in [2.24, 2.45) is 0 Å². The van der Waals surface area contributed by atoms with Crippen molar-refractivity contribution in [3.8, 4) is 0 Å². The van der Waals surface area contributed by atoms with Gasteiger partial charge in [-0.05, 0) is 41.0 Å². The van der Waals surface area contributed by atoms with Crippen LogP contribution in [0.2, 0.25) is 0 Å². The molecule has 0 radical (unpaired) electrons. The third-order valence-corrected chi connectivity index (χ3v) is 8.73. The van der Waals surface area contributed by atoms with Gasteiger partial charge in [0.2, 0.25) is 5.13 Å². The molecule has 1 saturated heterocycles. The maximum absolute atomic E-state index is 13.4. The highest BCUT2D eigenvalue weighted by molar-refractivity contribution is 8.00. The minimum Gasteiger partial charge on any atom is -0.507 e. The van der Waals surface area contributed by atoms with Crippen LogP contribution in [0.1, 0.15) is 28.3 Å². The summed E-state index contributed by atoms with van der Waals surface area (Å²) in [5.41, 5.74) is 3.31. The molecule has 192 valence electrons. The molecule has 0 saturated carbocycles. The summed E-state index contributed by atoms with van der Waals surface area (Å²) in [7, 11) is 0. The second kappa shape index (κ2) is 10.4. The molecule has 3 heterocycles. The van der Waals surface area contributed by atoms with E-state index in [0.717, 1.165) is 5.56 Å². The molecular formula is C30H22N4O3S2. The Morgan fingerprint density at radius 1 is 0.949 bits per heavy atom. The Morgan fingerprint density at radius 3 is 2.49 bits per heavy atom. The van der Waals surface area contributed by atoms with E-state index in [-0.39, 0.29) is 11.3 Å². The molecule has 1 fully saturated rings. The molecule has 6 rings (SSSR count). The number of fused-ring (bicyclic) bond motifs is 1. The average Bonchev–Trinajstić information content (AvgIpc) is 3.54. The van der Waals surface area contributed by atoms with Gasteiger partial charge in [-0.25, -0.2) is 0 Å². The summed E-state index contributed by atoms with van der Waals surface area (Å²) in [4.78, 5) is 32.0. The van der Waals surface area contributed by atoms with E-state index in [2.05, 4.69) is 39.4 Å². The van der Waals surface area contributed by atoms with Crippen molar-refractivity contribution < 1.29 is 14.7 Å². The zero-order valence-corrected chi connectivity index (χ0v) is 22.4. The second-order valence-corrected chi connectivity index (χ2v) is 11.3. The van der Waals surface area contributed by atoms with Crippen LogP contribution in [0.25, 0.3) is 16.5 Å². The minimum absolute atomic E-state index is 0.00946. The number of thioether (sulfide) groups is 1. The van der Waals surface area contributed by atoms with E-state index >= 15 is 0 Å². The van der Waals surface area contributed by atoms with Gasteiger partial charge in [0.05, 0.1) is 11.6 Å². The number of benzene rings is 3. The molecule has 1 atom stereocenters. The number of aryl methyl sites for hydroxylation is 1. The number of nitrogens with zero attached hydrogens (tertiary/aromatic N) is 4. The van der Waals surface area contributed by atoms with Gasteiger partial charge in [0.1, 0.15) is 5.76 Å². The van der Waals surface area contributed by atoms with E-state index in [4.69, 9.17) is 0 Å². The summed E-state index contributed by atoms with van der Waals surface area (Å²) in [5.74, 6) is -1.09. The number of carbonyl (C=O) groups excluding carboxylic acids is 2. The SMILES string of the molecule is Cc1ccc(C2C(=C(O)c3ccncc3)C(=O)C(=O)N2c2nnc(SCc3cccc4ccccc34)s2)cc1. The Bertz CT molecular complexity index is 1730. The Hall–Kier alpha value is -4.34. The first-order valence-corrected chi connectivity index (χ1v) is 14.0. The summed E-state index contributed by atoms with van der Waals surface area (Å²) in [6.45, 7) is 1.96. The largest absolute Gasteiger partial charge is 0.507 e. The zero-order valence-electron chi connectivity index (χ0n) is 20.8. The molecule has 0 spiro atoms. The third kappa shape index (κ3) is 4.71. The number of hydrogen-bond acceptors (Lipinski definition) is 8. The van der Waals surface area contributed by atoms with E-state index in [1.54, 1.807) is 12.1 Å². The molecule has 39 heavy (non-hydrogen) atoms. The van der Waals surface area contributed by atoms with Crippen LogP contribution in [-0.4, -0.2) is 32.0 Å². The van der Waals surface area contributed by atoms with Crippen LogP contribution in [0.4, 0.5) is 5.13 Å². The number of anilines is 1. The lowest BCUT2D eigenvalue weighted by molar-refractivity contribution is -0.132. The van der Waals surface area contributed by atoms with Gasteiger partial charge < -0.3 is 5.11 Å². The maximum Gasteiger partial charge on any atom is 0.301 e. The van der Waals surface area contributed by atoms with Gasteiger partial charge in [-0.2, -0.15) is 0 Å². The van der Waals surface area contributed by atoms with Gasteiger partial charge in [0, 0.05) is 23.7 Å². The van der Waals surface area contributed by atoms with Crippen LogP contribution in [-0.2, 0) is 15.3 Å². The molecule has 3 aromatic carbocycles. The van der Waals surface area contributed by atoms with Crippen molar-refractivity contribution >= 4 is 56.5 Å². The molecule has 9 heteroatoms. The highest BCUT2D eigenvalue weighted by Crippen LogP contribution is 2.44. The maximum atomic E-state index is 13.4. The summed E-state index contributed by atoms with van der Waals surface area (Å²) >= 11 is 2.78. The van der Waals surface area contributed by atoms with Crippen LogP contribution >= 0.6 is 23.1 Å². The highest BCUT2D eigenvalue weighted by atomic mass is 32.2. The van der Waals surface area contributed by atoms with Crippen molar-refractivity contribution in [2.45, 2.75) is 23.1 Å². The predicted octanol–water partition coefficient (Wildman–Crippen LogP) is 6.31. The van der Waals surface area contributed by atoms with Crippen molar-refractivity contribution in [3.05, 3.63) is 119 Å². The number of Topliss-reactive ketones (excluding diaryl/α,β-unsaturated/α-hetero) is 1. The Labute approximate surface area is 232 Å². The molecule has 1 amide bonds. The quantitative estimate of drug-likeness (QED) is 0.0870. The smallest absolute Gasteiger partial charge is 0.301 e. The van der Waals surface area contributed by atoms with E-state index < -0.39 is 17.7 Å². The average molecular weight is 551 g/mol. The van der Waals surface area contributed by atoms with Crippen LogP contribution < -0.4 is 4.90 Å². The molecular weight excluding hydrogens is 528 g/mol. The molecule has 2 aromatic heterocycles. The Balaban J connectivity index is 1.36. The molecule has 1 aliphatic heterocycles. The van der Waals surface area contributed by atoms with Crippen molar-refractivity contribution in [1.29, 1.82) is 0 Å². The lowest BCUT2D eigenvalue weighted by atomic mass is 9.95. The molecule has 0 aliphatic carbocycles. The zero-order chi connectivity index (χ0) is 26.9. The van der Waals surface area contributed by atoms with Gasteiger partial charge in [-0.1, -0.05) is 95.4 Å². The van der Waals surface area contributed by atoms with E-state index in [1.165, 1.54) is 56.7 Å². The van der Waals surface area contributed by atoms with Crippen LogP contribution in [0, 0.1) is 6.92 Å². The second-order valence-electron chi connectivity index (χ2n) is 9.09. The lowest BCUT2D eigenvalue weighted by Gasteiger charge is -2.22. The topological polar surface area (TPSA) is 96.3 Å². The summed E-state index contributed by atoms with van der Waals surface area (Å²) in [6.07, 6.45) is 3.05. The van der Waals surface area contributed by atoms with Gasteiger partial charge in [0.15, 0.2) is 4.34 Å². The van der Waals surface area contributed by atoms with Gasteiger partial charge >= 0.3 is 5.91 Å². The minimum atomic E-state index is -0.845. The number of rotatable bonds is 6. The van der Waals surface area contributed by atoms with Gasteiger partial charge in [-0.15, -0.1) is 10.2 Å². The normalized spacial score (nSPS) is 16.7. The number of hydrogen-bond donors (Lipinski definition) is 1. The fourth-order valence-electron chi connectivity index (χ4n) is 4.68. The number of carbonyl (C=O) groups is 2. The third-order valence-electron chi connectivity index (χ3n) is 6.62. The fraction of sp³-hybridized carbons (Fsp3) is 0.100. The molecule has 1 N–H and O–H groups in total. The standard InChI is InChI=1S/C30H22N4O3S2/c1-18-9-11-20(12-10-18)25-24(26(35)21-13-15-31-16-14-21)27(36)28(37)34(25)29-32-33-30(39-29)38-17-22-7-4-6-19-5-2-3-8-23(19)22/h2-16,25,35H,17H2,1H3. The molecule has 1 unspecified atom stereocenters. The first kappa shape index (κ1) is 25.0. The van der Waals surface area contributed by atoms with Crippen LogP contribution in [0.3, 0.4) is 0 Å². The fourth-order valence-corrected chi connectivity index (χ4v) is 6.55. The number of aliphatic hydroxyl groups excluding tert-OH is 1. The van der Waals surface area contributed by atoms with Crippen molar-refractivity contribution in [1.82, 2.24) is 15.2 Å². The van der Waals surface area contributed by atoms with E-state index in [9.17, 15) is 14.7 Å². The predicted molar refractivity (Wildman–Crippen MR) is 154 cm³/mol. The number of aromatic nitrogens is 3. The number of pyridine rings is 1. The van der Waals surface area contributed by atoms with Gasteiger partial charge in [-0.3, -0.25) is 19.5 Å². The number of ketones is 1. The highest BCUT2D eigenvalue weighted by Gasteiger charge is 2.48. The summed E-state index contributed by atoms with van der Waals surface area (Å²) in [5, 5.41) is 22.5. The van der Waals surface area contributed by atoms with Crippen molar-refractivity contribution in [3.63, 3.8) is 0 Å². The summed E-state index contributed by atoms with van der Waals surface area (Å²) < 4.78 is 0.677. The number of amides is 1. The van der Waals surface area contributed by atoms with Gasteiger partial charge in [0.25, 0.3) is 5.78 Å². The summed E-state index contributed by atoms with van der Waals surface area (Å²) in [6, 6.07) is 24.3. The lowest BCUT2D eigenvalue weighted by Crippen LogP contribution is -2.29. The van der Waals surface area contributed by atoms with Crippen molar-refractivity contribution in [2.75, 3.05) is 4.90 Å². The van der Waals surface area contributed by atoms with Crippen LogP contribution in [0.15, 0.2) is 101 Å². The molecule has 5 aromatic rings. The molecule has 1 aliphatic rings. The van der Waals surface area contributed by atoms with E-state index in [0.29, 0.717) is 26.4 Å². The molecule has 0 bridgehead atoms. The molecule has 7 nitrogen and oxygen atoms in total. The monoisotopic (exact) mass is 550 g/mol. The first-order chi connectivity index (χ1) is 19.0. The van der Waals surface area contributed by atoms with Crippen LogP contribution in [0.5, 0.6) is 0 Å². The van der Waals surface area contributed by atoms with E-state index in [1.807, 2.05) is 49.4 Å². The Morgan fingerprint density at radius 2 is 1.69 bits per heavy atom. The first-order valence-electron chi connectivity index (χ1n) is 12.2.